The van der Waals surface area contributed by atoms with E-state index in [2.05, 4.69) is 15.3 Å². The summed E-state index contributed by atoms with van der Waals surface area (Å²) in [6.07, 6.45) is 3.31. The van der Waals surface area contributed by atoms with Crippen LogP contribution in [-0.2, 0) is 0 Å². The van der Waals surface area contributed by atoms with Gasteiger partial charge in [0.25, 0.3) is 0 Å². The van der Waals surface area contributed by atoms with Gasteiger partial charge in [-0.25, -0.2) is 4.98 Å². The van der Waals surface area contributed by atoms with Crippen molar-refractivity contribution in [3.05, 3.63) is 51.4 Å². The summed E-state index contributed by atoms with van der Waals surface area (Å²) in [5.41, 5.74) is 8.58. The second-order valence-electron chi connectivity index (χ2n) is 4.50. The Morgan fingerprint density at radius 1 is 1.25 bits per heavy atom. The van der Waals surface area contributed by atoms with E-state index in [1.165, 1.54) is 0 Å². The van der Waals surface area contributed by atoms with Gasteiger partial charge in [0, 0.05) is 18.0 Å². The number of nitrogens with two attached hydrogens (primary N) is 1. The molecule has 0 aliphatic carbocycles. The smallest absolute Gasteiger partial charge is 0.128 e. The SMILES string of the molecule is CCNC(c1cc(C)cnc1N)c1ncc(Cl)cc1Cl. The van der Waals surface area contributed by atoms with Crippen LogP contribution < -0.4 is 11.1 Å². The fourth-order valence-corrected chi connectivity index (χ4v) is 2.52. The Bertz CT molecular complexity index is 616. The summed E-state index contributed by atoms with van der Waals surface area (Å²) >= 11 is 12.2. The fourth-order valence-electron chi connectivity index (χ4n) is 2.03. The molecule has 2 aromatic rings. The van der Waals surface area contributed by atoms with Gasteiger partial charge in [-0.05, 0) is 31.2 Å². The van der Waals surface area contributed by atoms with Gasteiger partial charge in [0.2, 0.25) is 0 Å². The summed E-state index contributed by atoms with van der Waals surface area (Å²) in [7, 11) is 0. The third kappa shape index (κ3) is 3.20. The molecule has 1 unspecified atom stereocenters. The van der Waals surface area contributed by atoms with Crippen molar-refractivity contribution in [2.24, 2.45) is 0 Å². The summed E-state index contributed by atoms with van der Waals surface area (Å²) < 4.78 is 0. The number of pyridine rings is 2. The van der Waals surface area contributed by atoms with Gasteiger partial charge in [0.05, 0.1) is 21.8 Å². The summed E-state index contributed by atoms with van der Waals surface area (Å²) in [6.45, 7) is 4.73. The van der Waals surface area contributed by atoms with Crippen molar-refractivity contribution in [3.63, 3.8) is 0 Å². The second kappa shape index (κ2) is 6.39. The van der Waals surface area contributed by atoms with Gasteiger partial charge < -0.3 is 11.1 Å². The molecule has 2 rings (SSSR count). The first-order valence-corrected chi connectivity index (χ1v) is 7.04. The minimum Gasteiger partial charge on any atom is -0.383 e. The first-order chi connectivity index (χ1) is 9.52. The monoisotopic (exact) mass is 310 g/mol. The van der Waals surface area contributed by atoms with Gasteiger partial charge in [-0.3, -0.25) is 4.98 Å². The minimum absolute atomic E-state index is 0.211. The zero-order valence-corrected chi connectivity index (χ0v) is 12.8. The molecule has 0 amide bonds. The van der Waals surface area contributed by atoms with Gasteiger partial charge >= 0.3 is 0 Å². The number of anilines is 1. The Morgan fingerprint density at radius 2 is 2.00 bits per heavy atom. The van der Waals surface area contributed by atoms with Gasteiger partial charge in [-0.2, -0.15) is 0 Å². The zero-order valence-electron chi connectivity index (χ0n) is 11.3. The highest BCUT2D eigenvalue weighted by Gasteiger charge is 2.21. The fraction of sp³-hybridized carbons (Fsp3) is 0.286. The lowest BCUT2D eigenvalue weighted by Crippen LogP contribution is -2.24. The lowest BCUT2D eigenvalue weighted by molar-refractivity contribution is 0.615. The van der Waals surface area contributed by atoms with Gasteiger partial charge in [-0.15, -0.1) is 0 Å². The molecule has 2 aromatic heterocycles. The first-order valence-electron chi connectivity index (χ1n) is 6.29. The van der Waals surface area contributed by atoms with Crippen LogP contribution in [0.3, 0.4) is 0 Å². The molecule has 106 valence electrons. The van der Waals surface area contributed by atoms with Gasteiger partial charge in [0.1, 0.15) is 5.82 Å². The Morgan fingerprint density at radius 3 is 2.65 bits per heavy atom. The van der Waals surface area contributed by atoms with E-state index in [0.717, 1.165) is 17.7 Å². The number of nitrogens with zero attached hydrogens (tertiary/aromatic N) is 2. The van der Waals surface area contributed by atoms with E-state index in [9.17, 15) is 0 Å². The van der Waals surface area contributed by atoms with E-state index < -0.39 is 0 Å². The van der Waals surface area contributed by atoms with Gasteiger partial charge in [-0.1, -0.05) is 30.1 Å². The molecule has 6 heteroatoms. The highest BCUT2D eigenvalue weighted by Crippen LogP contribution is 2.30. The Labute approximate surface area is 128 Å². The molecule has 0 aliphatic heterocycles. The maximum Gasteiger partial charge on any atom is 0.128 e. The van der Waals surface area contributed by atoms with E-state index in [-0.39, 0.29) is 6.04 Å². The maximum atomic E-state index is 6.25. The average molecular weight is 311 g/mol. The molecule has 0 radical (unpaired) electrons. The molecule has 0 fully saturated rings. The van der Waals surface area contributed by atoms with Crippen molar-refractivity contribution >= 4 is 29.0 Å². The maximum absolute atomic E-state index is 6.25. The zero-order chi connectivity index (χ0) is 14.7. The highest BCUT2D eigenvalue weighted by molar-refractivity contribution is 6.34. The number of nitrogen functional groups attached to an aromatic ring is 1. The van der Waals surface area contributed by atoms with Crippen LogP contribution in [0.25, 0.3) is 0 Å². The Balaban J connectivity index is 2.53. The van der Waals surface area contributed by atoms with Crippen LogP contribution in [0.2, 0.25) is 10.0 Å². The standard InChI is InChI=1S/C14H16Cl2N4/c1-3-18-12(10-4-8(2)6-20-14(10)17)13-11(16)5-9(15)7-19-13/h4-7,12,18H,3H2,1-2H3,(H2,17,20). The van der Waals surface area contributed by atoms with E-state index in [1.54, 1.807) is 18.5 Å². The summed E-state index contributed by atoms with van der Waals surface area (Å²) in [5.74, 6) is 0.467. The second-order valence-corrected chi connectivity index (χ2v) is 5.34. The van der Waals surface area contributed by atoms with Crippen LogP contribution in [0.5, 0.6) is 0 Å². The normalized spacial score (nSPS) is 12.4. The molecule has 0 saturated heterocycles. The van der Waals surface area contributed by atoms with Crippen molar-refractivity contribution in [1.82, 2.24) is 15.3 Å². The molecular weight excluding hydrogens is 295 g/mol. The molecule has 0 aliphatic rings. The molecule has 1 atom stereocenters. The molecular formula is C14H16Cl2N4. The Kier molecular flexibility index (Phi) is 4.81. The topological polar surface area (TPSA) is 63.8 Å². The summed E-state index contributed by atoms with van der Waals surface area (Å²) in [5, 5.41) is 4.34. The first kappa shape index (κ1) is 15.0. The van der Waals surface area contributed by atoms with E-state index in [1.807, 2.05) is 19.9 Å². The number of aromatic nitrogens is 2. The predicted octanol–water partition coefficient (Wildman–Crippen LogP) is 3.37. The van der Waals surface area contributed by atoms with Crippen LogP contribution in [0.4, 0.5) is 5.82 Å². The van der Waals surface area contributed by atoms with E-state index >= 15 is 0 Å². The van der Waals surface area contributed by atoms with E-state index in [0.29, 0.717) is 21.6 Å². The lowest BCUT2D eigenvalue weighted by Gasteiger charge is -2.20. The molecule has 20 heavy (non-hydrogen) atoms. The van der Waals surface area contributed by atoms with Gasteiger partial charge in [0.15, 0.2) is 0 Å². The van der Waals surface area contributed by atoms with E-state index in [4.69, 9.17) is 28.9 Å². The third-order valence-electron chi connectivity index (χ3n) is 2.92. The van der Waals surface area contributed by atoms with Crippen molar-refractivity contribution in [2.75, 3.05) is 12.3 Å². The Hall–Kier alpha value is -1.36. The average Bonchev–Trinajstić information content (AvgIpc) is 2.40. The predicted molar refractivity (Wildman–Crippen MR) is 83.2 cm³/mol. The van der Waals surface area contributed by atoms with Crippen LogP contribution >= 0.6 is 23.2 Å². The van der Waals surface area contributed by atoms with Crippen LogP contribution in [0.15, 0.2) is 24.5 Å². The number of hydrogen-bond acceptors (Lipinski definition) is 4. The summed E-state index contributed by atoms with van der Waals surface area (Å²) in [4.78, 5) is 8.53. The molecule has 3 N–H and O–H groups in total. The minimum atomic E-state index is -0.211. The third-order valence-corrected chi connectivity index (χ3v) is 3.42. The number of hydrogen-bond donors (Lipinski definition) is 2. The molecule has 0 saturated carbocycles. The molecule has 2 heterocycles. The number of rotatable bonds is 4. The highest BCUT2D eigenvalue weighted by atomic mass is 35.5. The van der Waals surface area contributed by atoms with Crippen molar-refractivity contribution < 1.29 is 0 Å². The number of aryl methyl sites for hydroxylation is 1. The van der Waals surface area contributed by atoms with Crippen LogP contribution in [0, 0.1) is 6.92 Å². The van der Waals surface area contributed by atoms with Crippen LogP contribution in [-0.4, -0.2) is 16.5 Å². The lowest BCUT2D eigenvalue weighted by atomic mass is 10.0. The quantitative estimate of drug-likeness (QED) is 0.908. The molecule has 0 aromatic carbocycles. The van der Waals surface area contributed by atoms with Crippen LogP contribution in [0.1, 0.15) is 29.8 Å². The largest absolute Gasteiger partial charge is 0.383 e. The number of halogens is 2. The molecule has 0 spiro atoms. The summed E-state index contributed by atoms with van der Waals surface area (Å²) in [6, 6.07) is 3.45. The molecule has 0 bridgehead atoms. The van der Waals surface area contributed by atoms with Crippen molar-refractivity contribution in [1.29, 1.82) is 0 Å². The molecule has 4 nitrogen and oxygen atoms in total. The van der Waals surface area contributed by atoms with Crippen molar-refractivity contribution in [2.45, 2.75) is 19.9 Å². The van der Waals surface area contributed by atoms with Crippen molar-refractivity contribution in [3.8, 4) is 0 Å². The number of nitrogens with one attached hydrogen (secondary N) is 1.